The zero-order chi connectivity index (χ0) is 12.3. The third-order valence-corrected chi connectivity index (χ3v) is 2.85. The fourth-order valence-electron chi connectivity index (χ4n) is 1.21. The highest BCUT2D eigenvalue weighted by Crippen LogP contribution is 2.29. The minimum Gasteiger partial charge on any atom is -0.464 e. The van der Waals surface area contributed by atoms with Crippen LogP contribution in [0.5, 0.6) is 0 Å². The van der Waals surface area contributed by atoms with Gasteiger partial charge in [0.2, 0.25) is 0 Å². The van der Waals surface area contributed by atoms with Crippen LogP contribution < -0.4 is 10.9 Å². The van der Waals surface area contributed by atoms with Crippen LogP contribution in [0, 0.1) is 5.82 Å². The quantitative estimate of drug-likeness (QED) is 0.735. The molecule has 1 amide bonds. The normalized spacial score (nSPS) is 9.94. The standard InChI is InChI=1S/C10H8FN3O2S/c11-7-4-2-1-3-6(7)9-12-5-8(17-9)13-14-10(15)16/h1-5,13-14H,(H,15,16). The van der Waals surface area contributed by atoms with Crippen LogP contribution in [0.15, 0.2) is 30.5 Å². The first-order valence-electron chi connectivity index (χ1n) is 4.62. The molecule has 0 unspecified atom stereocenters. The Balaban J connectivity index is 2.18. The third-order valence-electron chi connectivity index (χ3n) is 1.90. The number of carbonyl (C=O) groups is 1. The molecule has 0 bridgehead atoms. The lowest BCUT2D eigenvalue weighted by molar-refractivity contribution is 0.197. The number of hydrazine groups is 1. The van der Waals surface area contributed by atoms with Gasteiger partial charge < -0.3 is 5.11 Å². The van der Waals surface area contributed by atoms with E-state index >= 15 is 0 Å². The van der Waals surface area contributed by atoms with E-state index in [0.717, 1.165) is 11.3 Å². The van der Waals surface area contributed by atoms with Crippen LogP contribution in [0.1, 0.15) is 0 Å². The number of carboxylic acid groups (broad SMARTS) is 1. The van der Waals surface area contributed by atoms with E-state index < -0.39 is 6.09 Å². The average Bonchev–Trinajstić information content (AvgIpc) is 2.75. The maximum Gasteiger partial charge on any atom is 0.423 e. The summed E-state index contributed by atoms with van der Waals surface area (Å²) >= 11 is 1.15. The molecule has 0 aliphatic carbocycles. The Labute approximate surface area is 99.9 Å². The molecule has 0 atom stereocenters. The first-order chi connectivity index (χ1) is 8.16. The van der Waals surface area contributed by atoms with Crippen molar-refractivity contribution in [3.8, 4) is 10.6 Å². The first kappa shape index (κ1) is 11.3. The molecule has 0 radical (unpaired) electrons. The summed E-state index contributed by atoms with van der Waals surface area (Å²) in [5.41, 5.74) is 4.81. The molecule has 0 saturated heterocycles. The van der Waals surface area contributed by atoms with Gasteiger partial charge in [0.1, 0.15) is 15.8 Å². The summed E-state index contributed by atoms with van der Waals surface area (Å²) in [6.45, 7) is 0. The highest BCUT2D eigenvalue weighted by Gasteiger charge is 2.09. The van der Waals surface area contributed by atoms with E-state index in [0.29, 0.717) is 15.6 Å². The van der Waals surface area contributed by atoms with Crippen molar-refractivity contribution < 1.29 is 14.3 Å². The minimum atomic E-state index is -1.20. The molecule has 0 fully saturated rings. The molecule has 2 aromatic rings. The van der Waals surface area contributed by atoms with E-state index in [1.165, 1.54) is 12.3 Å². The number of amides is 1. The number of aromatic nitrogens is 1. The molecule has 1 aromatic heterocycles. The van der Waals surface area contributed by atoms with E-state index in [-0.39, 0.29) is 5.82 Å². The molecule has 5 nitrogen and oxygen atoms in total. The number of hydrogen-bond donors (Lipinski definition) is 3. The summed E-state index contributed by atoms with van der Waals surface area (Å²) in [7, 11) is 0. The summed E-state index contributed by atoms with van der Waals surface area (Å²) in [5, 5.41) is 9.37. The van der Waals surface area contributed by atoms with Gasteiger partial charge in [0.15, 0.2) is 0 Å². The molecule has 0 aliphatic heterocycles. The Morgan fingerprint density at radius 2 is 2.18 bits per heavy atom. The second kappa shape index (κ2) is 4.79. The molecule has 3 N–H and O–H groups in total. The number of thiazole rings is 1. The van der Waals surface area contributed by atoms with Crippen molar-refractivity contribution in [2.75, 3.05) is 5.43 Å². The average molecular weight is 253 g/mol. The summed E-state index contributed by atoms with van der Waals surface area (Å²) in [6.07, 6.45) is 0.230. The van der Waals surface area contributed by atoms with Crippen LogP contribution in [0.2, 0.25) is 0 Å². The fraction of sp³-hybridized carbons (Fsp3) is 0. The lowest BCUT2D eigenvalue weighted by Crippen LogP contribution is -2.26. The number of hydrogen-bond acceptors (Lipinski definition) is 4. The SMILES string of the molecule is O=C(O)NNc1cnc(-c2ccccc2F)s1. The van der Waals surface area contributed by atoms with Gasteiger partial charge in [-0.3, -0.25) is 5.43 Å². The van der Waals surface area contributed by atoms with Crippen molar-refractivity contribution in [2.45, 2.75) is 0 Å². The summed E-state index contributed by atoms with van der Waals surface area (Å²) in [6, 6.07) is 6.27. The van der Waals surface area contributed by atoms with Gasteiger partial charge in [-0.1, -0.05) is 23.5 Å². The second-order valence-electron chi connectivity index (χ2n) is 3.06. The van der Waals surface area contributed by atoms with E-state index in [4.69, 9.17) is 5.11 Å². The van der Waals surface area contributed by atoms with E-state index in [1.54, 1.807) is 18.2 Å². The fourth-order valence-corrected chi connectivity index (χ4v) is 2.00. The van der Waals surface area contributed by atoms with Gasteiger partial charge in [0.25, 0.3) is 0 Å². The van der Waals surface area contributed by atoms with Gasteiger partial charge in [0, 0.05) is 5.56 Å². The lowest BCUT2D eigenvalue weighted by Gasteiger charge is -1.99. The van der Waals surface area contributed by atoms with Crippen molar-refractivity contribution in [3.63, 3.8) is 0 Å². The third kappa shape index (κ3) is 2.70. The monoisotopic (exact) mass is 253 g/mol. The molecule has 1 heterocycles. The van der Waals surface area contributed by atoms with Crippen molar-refractivity contribution in [2.24, 2.45) is 0 Å². The van der Waals surface area contributed by atoms with Crippen LogP contribution in [0.25, 0.3) is 10.6 Å². The number of nitrogens with one attached hydrogen (secondary N) is 2. The summed E-state index contributed by atoms with van der Waals surface area (Å²) in [4.78, 5) is 14.3. The van der Waals surface area contributed by atoms with Crippen LogP contribution in [0.3, 0.4) is 0 Å². The molecule has 0 aliphatic rings. The molecule has 1 aromatic carbocycles. The van der Waals surface area contributed by atoms with Gasteiger partial charge in [-0.05, 0) is 12.1 Å². The number of benzene rings is 1. The maximum atomic E-state index is 13.4. The van der Waals surface area contributed by atoms with E-state index in [1.807, 2.05) is 5.43 Å². The number of rotatable bonds is 3. The highest BCUT2D eigenvalue weighted by atomic mass is 32.1. The Morgan fingerprint density at radius 3 is 2.88 bits per heavy atom. The van der Waals surface area contributed by atoms with Gasteiger partial charge in [-0.15, -0.1) is 0 Å². The number of anilines is 1. The minimum absolute atomic E-state index is 0.361. The van der Waals surface area contributed by atoms with Crippen molar-refractivity contribution >= 4 is 22.4 Å². The molecule has 2 rings (SSSR count). The predicted octanol–water partition coefficient (Wildman–Crippen LogP) is 2.54. The zero-order valence-corrected chi connectivity index (χ0v) is 9.29. The smallest absolute Gasteiger partial charge is 0.423 e. The van der Waals surface area contributed by atoms with E-state index in [2.05, 4.69) is 10.4 Å². The van der Waals surface area contributed by atoms with Gasteiger partial charge in [0.05, 0.1) is 6.20 Å². The Hall–Kier alpha value is -2.15. The Morgan fingerprint density at radius 1 is 1.41 bits per heavy atom. The highest BCUT2D eigenvalue weighted by molar-refractivity contribution is 7.18. The molecular formula is C10H8FN3O2S. The van der Waals surface area contributed by atoms with Crippen LogP contribution in [0.4, 0.5) is 14.2 Å². The molecule has 0 saturated carbocycles. The second-order valence-corrected chi connectivity index (χ2v) is 4.10. The summed E-state index contributed by atoms with van der Waals surface area (Å²) in [5.74, 6) is -0.361. The molecular weight excluding hydrogens is 245 g/mol. The largest absolute Gasteiger partial charge is 0.464 e. The van der Waals surface area contributed by atoms with Crippen molar-refractivity contribution in [1.29, 1.82) is 0 Å². The topological polar surface area (TPSA) is 74.2 Å². The van der Waals surface area contributed by atoms with Crippen LogP contribution in [-0.4, -0.2) is 16.2 Å². The molecule has 0 spiro atoms. The van der Waals surface area contributed by atoms with E-state index in [9.17, 15) is 9.18 Å². The predicted molar refractivity (Wildman–Crippen MR) is 62.3 cm³/mol. The van der Waals surface area contributed by atoms with Crippen LogP contribution in [-0.2, 0) is 0 Å². The Bertz CT molecular complexity index is 544. The number of nitrogens with zero attached hydrogens (tertiary/aromatic N) is 1. The molecule has 88 valence electrons. The number of halogens is 1. The maximum absolute atomic E-state index is 13.4. The zero-order valence-electron chi connectivity index (χ0n) is 8.48. The van der Waals surface area contributed by atoms with Crippen molar-refractivity contribution in [1.82, 2.24) is 10.4 Å². The lowest BCUT2D eigenvalue weighted by atomic mass is 10.2. The van der Waals surface area contributed by atoms with Gasteiger partial charge in [-0.2, -0.15) is 0 Å². The van der Waals surface area contributed by atoms with Gasteiger partial charge in [-0.25, -0.2) is 19.6 Å². The molecule has 17 heavy (non-hydrogen) atoms. The summed E-state index contributed by atoms with van der Waals surface area (Å²) < 4.78 is 13.4. The molecule has 7 heteroatoms. The Kier molecular flexibility index (Phi) is 3.20. The van der Waals surface area contributed by atoms with Crippen LogP contribution >= 0.6 is 11.3 Å². The first-order valence-corrected chi connectivity index (χ1v) is 5.44. The van der Waals surface area contributed by atoms with Crippen molar-refractivity contribution in [3.05, 3.63) is 36.3 Å². The van der Waals surface area contributed by atoms with Gasteiger partial charge >= 0.3 is 6.09 Å².